The summed E-state index contributed by atoms with van der Waals surface area (Å²) in [5.41, 5.74) is 2.53. The first-order chi connectivity index (χ1) is 10.7. The number of hydrogen-bond acceptors (Lipinski definition) is 4. The molecule has 0 aliphatic rings. The molecule has 0 unspecified atom stereocenters. The van der Waals surface area contributed by atoms with Crippen LogP contribution in [0.2, 0.25) is 0 Å². The molecule has 0 heterocycles. The second-order valence-electron chi connectivity index (χ2n) is 4.44. The fraction of sp³-hybridized carbons (Fsp3) is 0.111. The van der Waals surface area contributed by atoms with Crippen LogP contribution in [0.4, 0.5) is 0 Å². The van der Waals surface area contributed by atoms with Gasteiger partial charge in [-0.1, -0.05) is 24.3 Å². The molecule has 0 aliphatic heterocycles. The van der Waals surface area contributed by atoms with Crippen LogP contribution in [0.3, 0.4) is 0 Å². The van der Waals surface area contributed by atoms with Crippen molar-refractivity contribution in [2.24, 2.45) is 0 Å². The van der Waals surface area contributed by atoms with E-state index in [0.29, 0.717) is 22.6 Å². The molecule has 4 heteroatoms. The fourth-order valence-corrected chi connectivity index (χ4v) is 2.09. The molecule has 4 nitrogen and oxygen atoms in total. The maximum absolute atomic E-state index is 9.40. The quantitative estimate of drug-likeness (QED) is 0.637. The van der Waals surface area contributed by atoms with Gasteiger partial charge in [0.05, 0.1) is 37.5 Å². The van der Waals surface area contributed by atoms with Crippen molar-refractivity contribution in [1.82, 2.24) is 0 Å². The molecule has 0 bridgehead atoms. The SMILES string of the molecule is COc1cccc(/C=C(/C#N)c2ccc(C#N)cc2)c1OC. The highest BCUT2D eigenvalue weighted by atomic mass is 16.5. The lowest BCUT2D eigenvalue weighted by molar-refractivity contribution is 0.354. The van der Waals surface area contributed by atoms with E-state index in [-0.39, 0.29) is 0 Å². The van der Waals surface area contributed by atoms with Gasteiger partial charge < -0.3 is 9.47 Å². The molecule has 0 aliphatic carbocycles. The third-order valence-electron chi connectivity index (χ3n) is 3.18. The number of rotatable bonds is 4. The Kier molecular flexibility index (Phi) is 4.80. The molecular formula is C18H14N2O2. The van der Waals surface area contributed by atoms with Crippen LogP contribution in [0.25, 0.3) is 11.6 Å². The molecule has 0 amide bonds. The van der Waals surface area contributed by atoms with E-state index in [0.717, 1.165) is 11.1 Å². The lowest BCUT2D eigenvalue weighted by atomic mass is 10.0. The van der Waals surface area contributed by atoms with E-state index >= 15 is 0 Å². The zero-order valence-corrected chi connectivity index (χ0v) is 12.3. The number of allylic oxidation sites excluding steroid dienone is 1. The van der Waals surface area contributed by atoms with Gasteiger partial charge in [0.1, 0.15) is 0 Å². The Balaban J connectivity index is 2.49. The number of benzene rings is 2. The van der Waals surface area contributed by atoms with Gasteiger partial charge in [-0.25, -0.2) is 0 Å². The Labute approximate surface area is 129 Å². The first-order valence-electron chi connectivity index (χ1n) is 6.56. The molecule has 0 radical (unpaired) electrons. The molecule has 22 heavy (non-hydrogen) atoms. The second-order valence-corrected chi connectivity index (χ2v) is 4.44. The van der Waals surface area contributed by atoms with Gasteiger partial charge in [-0.05, 0) is 29.8 Å². The van der Waals surface area contributed by atoms with E-state index in [2.05, 4.69) is 12.1 Å². The Morgan fingerprint density at radius 2 is 1.73 bits per heavy atom. The van der Waals surface area contributed by atoms with Crippen molar-refractivity contribution < 1.29 is 9.47 Å². The van der Waals surface area contributed by atoms with E-state index in [1.54, 1.807) is 50.6 Å². The molecule has 2 aromatic carbocycles. The molecular weight excluding hydrogens is 276 g/mol. The summed E-state index contributed by atoms with van der Waals surface area (Å²) in [7, 11) is 3.13. The van der Waals surface area contributed by atoms with E-state index in [1.165, 1.54) is 0 Å². The Morgan fingerprint density at radius 3 is 2.27 bits per heavy atom. The highest BCUT2D eigenvalue weighted by molar-refractivity contribution is 5.91. The summed E-state index contributed by atoms with van der Waals surface area (Å²) in [6.45, 7) is 0. The predicted octanol–water partition coefficient (Wildman–Crippen LogP) is 3.64. The minimum Gasteiger partial charge on any atom is -0.493 e. The maximum atomic E-state index is 9.40. The van der Waals surface area contributed by atoms with Gasteiger partial charge in [-0.3, -0.25) is 0 Å². The van der Waals surface area contributed by atoms with Crippen LogP contribution in [-0.2, 0) is 0 Å². The normalized spacial score (nSPS) is 10.5. The van der Waals surface area contributed by atoms with Crippen molar-refractivity contribution in [3.63, 3.8) is 0 Å². The van der Waals surface area contributed by atoms with Crippen molar-refractivity contribution in [2.75, 3.05) is 14.2 Å². The maximum Gasteiger partial charge on any atom is 0.167 e. The van der Waals surface area contributed by atoms with Gasteiger partial charge in [0, 0.05) is 5.56 Å². The highest BCUT2D eigenvalue weighted by Crippen LogP contribution is 2.33. The first kappa shape index (κ1) is 15.2. The van der Waals surface area contributed by atoms with E-state index in [4.69, 9.17) is 14.7 Å². The Bertz CT molecular complexity index is 778. The summed E-state index contributed by atoms with van der Waals surface area (Å²) in [4.78, 5) is 0. The zero-order chi connectivity index (χ0) is 15.9. The monoisotopic (exact) mass is 290 g/mol. The molecule has 0 saturated carbocycles. The highest BCUT2D eigenvalue weighted by Gasteiger charge is 2.09. The minimum absolute atomic E-state index is 0.482. The second kappa shape index (κ2) is 6.97. The number of ether oxygens (including phenoxy) is 2. The predicted molar refractivity (Wildman–Crippen MR) is 84.2 cm³/mol. The molecule has 108 valence electrons. The van der Waals surface area contributed by atoms with E-state index < -0.39 is 0 Å². The molecule has 0 fully saturated rings. The number of nitriles is 2. The van der Waals surface area contributed by atoms with Crippen LogP contribution in [0.15, 0.2) is 42.5 Å². The average molecular weight is 290 g/mol. The smallest absolute Gasteiger partial charge is 0.167 e. The van der Waals surface area contributed by atoms with Crippen LogP contribution in [-0.4, -0.2) is 14.2 Å². The summed E-state index contributed by atoms with van der Waals surface area (Å²) in [6, 6.07) is 16.6. The first-order valence-corrected chi connectivity index (χ1v) is 6.56. The number of para-hydroxylation sites is 1. The van der Waals surface area contributed by atoms with Crippen molar-refractivity contribution in [1.29, 1.82) is 10.5 Å². The fourth-order valence-electron chi connectivity index (χ4n) is 2.09. The molecule has 0 spiro atoms. The molecule has 0 N–H and O–H groups in total. The Morgan fingerprint density at radius 1 is 1.00 bits per heavy atom. The molecule has 0 saturated heterocycles. The van der Waals surface area contributed by atoms with Crippen molar-refractivity contribution in [3.8, 4) is 23.6 Å². The standard InChI is InChI=1S/C18H14N2O2/c1-21-17-5-3-4-15(18(17)22-2)10-16(12-20)14-8-6-13(11-19)7-9-14/h3-10H,1-2H3/b16-10-. The summed E-state index contributed by atoms with van der Waals surface area (Å²) >= 11 is 0. The van der Waals surface area contributed by atoms with Crippen LogP contribution < -0.4 is 9.47 Å². The molecule has 2 aromatic rings. The minimum atomic E-state index is 0.482. The van der Waals surface area contributed by atoms with Gasteiger partial charge in [-0.15, -0.1) is 0 Å². The van der Waals surface area contributed by atoms with Gasteiger partial charge in [0.25, 0.3) is 0 Å². The van der Waals surface area contributed by atoms with Crippen LogP contribution >= 0.6 is 0 Å². The molecule has 0 aromatic heterocycles. The largest absolute Gasteiger partial charge is 0.493 e. The third-order valence-corrected chi connectivity index (χ3v) is 3.18. The third kappa shape index (κ3) is 3.08. The lowest BCUT2D eigenvalue weighted by Crippen LogP contribution is -1.93. The van der Waals surface area contributed by atoms with Crippen molar-refractivity contribution in [3.05, 3.63) is 59.2 Å². The van der Waals surface area contributed by atoms with E-state index in [1.807, 2.05) is 12.1 Å². The zero-order valence-electron chi connectivity index (χ0n) is 12.3. The molecule has 2 rings (SSSR count). The number of methoxy groups -OCH3 is 2. The van der Waals surface area contributed by atoms with Gasteiger partial charge in [-0.2, -0.15) is 10.5 Å². The number of hydrogen-bond donors (Lipinski definition) is 0. The lowest BCUT2D eigenvalue weighted by Gasteiger charge is -2.10. The molecule has 0 atom stereocenters. The number of nitrogens with zero attached hydrogens (tertiary/aromatic N) is 2. The van der Waals surface area contributed by atoms with Crippen molar-refractivity contribution >= 4 is 11.6 Å². The van der Waals surface area contributed by atoms with Gasteiger partial charge in [0.15, 0.2) is 11.5 Å². The van der Waals surface area contributed by atoms with Gasteiger partial charge in [0.2, 0.25) is 0 Å². The average Bonchev–Trinajstić information content (AvgIpc) is 2.59. The van der Waals surface area contributed by atoms with E-state index in [9.17, 15) is 5.26 Å². The van der Waals surface area contributed by atoms with Gasteiger partial charge >= 0.3 is 0 Å². The topological polar surface area (TPSA) is 66.0 Å². The Hall–Kier alpha value is -3.24. The van der Waals surface area contributed by atoms with Crippen LogP contribution in [0, 0.1) is 22.7 Å². The summed E-state index contributed by atoms with van der Waals surface area (Å²) in [6.07, 6.45) is 1.74. The summed E-state index contributed by atoms with van der Waals surface area (Å²) < 4.78 is 10.6. The van der Waals surface area contributed by atoms with Crippen LogP contribution in [0.5, 0.6) is 11.5 Å². The van der Waals surface area contributed by atoms with Crippen LogP contribution in [0.1, 0.15) is 16.7 Å². The summed E-state index contributed by atoms with van der Waals surface area (Å²) in [5.74, 6) is 1.18. The van der Waals surface area contributed by atoms with Crippen molar-refractivity contribution in [2.45, 2.75) is 0 Å². The summed E-state index contributed by atoms with van der Waals surface area (Å²) in [5, 5.41) is 18.2.